The van der Waals surface area contributed by atoms with Gasteiger partial charge in [-0.25, -0.2) is 9.48 Å². The molecule has 88 valence electrons. The standard InChI is InChI=1S/C11H16N2O3/c1-2-13-10(7-9(12-13)11(14)15)16-8-5-3-4-6-8/h7-8H,2-6H2,1H3,(H,14,15). The molecule has 1 saturated carbocycles. The van der Waals surface area contributed by atoms with Crippen LogP contribution in [-0.2, 0) is 6.54 Å². The Hall–Kier alpha value is -1.52. The third-order valence-electron chi connectivity index (χ3n) is 2.85. The predicted molar refractivity (Wildman–Crippen MR) is 57.7 cm³/mol. The third-order valence-corrected chi connectivity index (χ3v) is 2.85. The highest BCUT2D eigenvalue weighted by molar-refractivity contribution is 5.85. The summed E-state index contributed by atoms with van der Waals surface area (Å²) in [5.41, 5.74) is 0.0508. The largest absolute Gasteiger partial charge is 0.476 e. The summed E-state index contributed by atoms with van der Waals surface area (Å²) >= 11 is 0. The van der Waals surface area contributed by atoms with E-state index in [-0.39, 0.29) is 11.8 Å². The van der Waals surface area contributed by atoms with E-state index >= 15 is 0 Å². The number of carboxylic acid groups (broad SMARTS) is 1. The van der Waals surface area contributed by atoms with E-state index in [1.54, 1.807) is 4.68 Å². The van der Waals surface area contributed by atoms with Crippen molar-refractivity contribution in [1.29, 1.82) is 0 Å². The number of aromatic carboxylic acids is 1. The van der Waals surface area contributed by atoms with Crippen LogP contribution in [0.25, 0.3) is 0 Å². The normalized spacial score (nSPS) is 16.6. The zero-order chi connectivity index (χ0) is 11.5. The fourth-order valence-corrected chi connectivity index (χ4v) is 2.00. The van der Waals surface area contributed by atoms with Gasteiger partial charge in [0.05, 0.1) is 0 Å². The van der Waals surface area contributed by atoms with Crippen molar-refractivity contribution in [3.05, 3.63) is 11.8 Å². The first-order valence-corrected chi connectivity index (χ1v) is 5.68. The van der Waals surface area contributed by atoms with Gasteiger partial charge in [0.25, 0.3) is 0 Å². The molecule has 1 aliphatic rings. The highest BCUT2D eigenvalue weighted by atomic mass is 16.5. The van der Waals surface area contributed by atoms with Crippen molar-refractivity contribution < 1.29 is 14.6 Å². The number of hydrogen-bond donors (Lipinski definition) is 1. The molecule has 0 radical (unpaired) electrons. The summed E-state index contributed by atoms with van der Waals surface area (Å²) in [6, 6.07) is 1.50. The van der Waals surface area contributed by atoms with Crippen molar-refractivity contribution in [2.45, 2.75) is 45.3 Å². The van der Waals surface area contributed by atoms with Crippen LogP contribution >= 0.6 is 0 Å². The van der Waals surface area contributed by atoms with E-state index in [1.165, 1.54) is 18.9 Å². The minimum atomic E-state index is -1.01. The van der Waals surface area contributed by atoms with Crippen LogP contribution in [0.2, 0.25) is 0 Å². The Bertz CT molecular complexity index is 381. The highest BCUT2D eigenvalue weighted by Gasteiger charge is 2.20. The maximum absolute atomic E-state index is 10.8. The monoisotopic (exact) mass is 224 g/mol. The second-order valence-corrected chi connectivity index (χ2v) is 4.01. The first-order chi connectivity index (χ1) is 7.70. The maximum Gasteiger partial charge on any atom is 0.356 e. The van der Waals surface area contributed by atoms with Crippen molar-refractivity contribution in [2.75, 3.05) is 0 Å². The Morgan fingerprint density at radius 2 is 2.31 bits per heavy atom. The zero-order valence-electron chi connectivity index (χ0n) is 9.35. The Balaban J connectivity index is 2.14. The number of carboxylic acids is 1. The number of aryl methyl sites for hydroxylation is 1. The molecule has 1 heterocycles. The fraction of sp³-hybridized carbons (Fsp3) is 0.636. The van der Waals surface area contributed by atoms with Crippen LogP contribution in [0.15, 0.2) is 6.07 Å². The molecule has 1 N–H and O–H groups in total. The van der Waals surface area contributed by atoms with Crippen LogP contribution in [-0.4, -0.2) is 27.0 Å². The number of rotatable bonds is 4. The number of aromatic nitrogens is 2. The number of ether oxygens (including phenoxy) is 1. The van der Waals surface area contributed by atoms with E-state index in [9.17, 15) is 4.79 Å². The average molecular weight is 224 g/mol. The molecule has 0 atom stereocenters. The second kappa shape index (κ2) is 4.55. The maximum atomic E-state index is 10.8. The Labute approximate surface area is 94.0 Å². The van der Waals surface area contributed by atoms with Crippen molar-refractivity contribution in [1.82, 2.24) is 9.78 Å². The van der Waals surface area contributed by atoms with Gasteiger partial charge in [0, 0.05) is 12.6 Å². The smallest absolute Gasteiger partial charge is 0.356 e. The lowest BCUT2D eigenvalue weighted by molar-refractivity contribution is 0.0689. The van der Waals surface area contributed by atoms with E-state index in [0.717, 1.165) is 12.8 Å². The van der Waals surface area contributed by atoms with Gasteiger partial charge in [-0.2, -0.15) is 5.10 Å². The molecule has 0 spiro atoms. The molecule has 0 unspecified atom stereocenters. The molecule has 0 saturated heterocycles. The molecule has 5 heteroatoms. The van der Waals surface area contributed by atoms with Crippen LogP contribution in [0.4, 0.5) is 0 Å². The van der Waals surface area contributed by atoms with Gasteiger partial charge in [0.1, 0.15) is 6.10 Å². The number of nitrogens with zero attached hydrogens (tertiary/aromatic N) is 2. The molecule has 1 aliphatic carbocycles. The molecule has 1 aromatic heterocycles. The summed E-state index contributed by atoms with van der Waals surface area (Å²) in [5, 5.41) is 12.8. The molecule has 0 aromatic carbocycles. The third kappa shape index (κ3) is 2.18. The van der Waals surface area contributed by atoms with Gasteiger partial charge in [-0.05, 0) is 32.6 Å². The molecule has 0 bridgehead atoms. The summed E-state index contributed by atoms with van der Waals surface area (Å²) < 4.78 is 7.36. The number of hydrogen-bond acceptors (Lipinski definition) is 3. The van der Waals surface area contributed by atoms with E-state index in [2.05, 4.69) is 5.10 Å². The van der Waals surface area contributed by atoms with Gasteiger partial charge < -0.3 is 9.84 Å². The fourth-order valence-electron chi connectivity index (χ4n) is 2.00. The summed E-state index contributed by atoms with van der Waals surface area (Å²) in [6.07, 6.45) is 4.71. The Kier molecular flexibility index (Phi) is 3.12. The van der Waals surface area contributed by atoms with Crippen molar-refractivity contribution >= 4 is 5.97 Å². The first kappa shape index (κ1) is 11.0. The van der Waals surface area contributed by atoms with E-state index < -0.39 is 5.97 Å². The molecule has 2 rings (SSSR count). The van der Waals surface area contributed by atoms with Crippen LogP contribution in [0.3, 0.4) is 0 Å². The molecule has 5 nitrogen and oxygen atoms in total. The summed E-state index contributed by atoms with van der Waals surface area (Å²) in [6.45, 7) is 2.54. The van der Waals surface area contributed by atoms with Gasteiger partial charge in [0.15, 0.2) is 5.69 Å². The average Bonchev–Trinajstić information content (AvgIpc) is 2.87. The molecule has 0 aliphatic heterocycles. The SMILES string of the molecule is CCn1nc(C(=O)O)cc1OC1CCCC1. The Morgan fingerprint density at radius 1 is 1.62 bits per heavy atom. The Morgan fingerprint density at radius 3 is 2.88 bits per heavy atom. The summed E-state index contributed by atoms with van der Waals surface area (Å²) in [5.74, 6) is -0.435. The van der Waals surface area contributed by atoms with Crippen LogP contribution in [0.5, 0.6) is 5.88 Å². The van der Waals surface area contributed by atoms with Gasteiger partial charge in [-0.3, -0.25) is 0 Å². The lowest BCUT2D eigenvalue weighted by atomic mass is 10.3. The lowest BCUT2D eigenvalue weighted by Gasteiger charge is -2.13. The topological polar surface area (TPSA) is 64.4 Å². The molecule has 1 aromatic rings. The van der Waals surface area contributed by atoms with E-state index in [0.29, 0.717) is 12.4 Å². The van der Waals surface area contributed by atoms with Gasteiger partial charge in [-0.1, -0.05) is 0 Å². The molecular formula is C11H16N2O3. The molecular weight excluding hydrogens is 208 g/mol. The number of carbonyl (C=O) groups is 1. The van der Waals surface area contributed by atoms with Crippen LogP contribution in [0, 0.1) is 0 Å². The minimum Gasteiger partial charge on any atom is -0.476 e. The van der Waals surface area contributed by atoms with Gasteiger partial charge in [0.2, 0.25) is 5.88 Å². The lowest BCUT2D eigenvalue weighted by Crippen LogP contribution is -2.14. The quantitative estimate of drug-likeness (QED) is 0.848. The highest BCUT2D eigenvalue weighted by Crippen LogP contribution is 2.24. The zero-order valence-corrected chi connectivity index (χ0v) is 9.35. The predicted octanol–water partition coefficient (Wildman–Crippen LogP) is 1.92. The second-order valence-electron chi connectivity index (χ2n) is 4.01. The van der Waals surface area contributed by atoms with E-state index in [1.807, 2.05) is 6.92 Å². The molecule has 16 heavy (non-hydrogen) atoms. The summed E-state index contributed by atoms with van der Waals surface area (Å²) in [7, 11) is 0. The van der Waals surface area contributed by atoms with Crippen LogP contribution < -0.4 is 4.74 Å². The minimum absolute atomic E-state index is 0.0508. The van der Waals surface area contributed by atoms with E-state index in [4.69, 9.17) is 9.84 Å². The van der Waals surface area contributed by atoms with Gasteiger partial charge >= 0.3 is 5.97 Å². The summed E-state index contributed by atoms with van der Waals surface area (Å²) in [4.78, 5) is 10.8. The van der Waals surface area contributed by atoms with Gasteiger partial charge in [-0.15, -0.1) is 0 Å². The molecule has 0 amide bonds. The van der Waals surface area contributed by atoms with Crippen molar-refractivity contribution in [3.63, 3.8) is 0 Å². The first-order valence-electron chi connectivity index (χ1n) is 5.68. The van der Waals surface area contributed by atoms with Crippen molar-refractivity contribution in [2.24, 2.45) is 0 Å². The van der Waals surface area contributed by atoms with Crippen LogP contribution in [0.1, 0.15) is 43.1 Å². The van der Waals surface area contributed by atoms with Crippen molar-refractivity contribution in [3.8, 4) is 5.88 Å². The molecule has 1 fully saturated rings.